The predicted molar refractivity (Wildman–Crippen MR) is 89.4 cm³/mol. The smallest absolute Gasteiger partial charge is 0.290 e. The lowest BCUT2D eigenvalue weighted by Crippen LogP contribution is -2.33. The molecular weight excluding hydrogens is 314 g/mol. The average Bonchev–Trinajstić information content (AvgIpc) is 3.07. The number of amides is 1. The molecule has 0 aliphatic carbocycles. The van der Waals surface area contributed by atoms with Crippen molar-refractivity contribution >= 4 is 23.0 Å². The van der Waals surface area contributed by atoms with E-state index in [-0.39, 0.29) is 11.4 Å². The number of carbonyl (C=O) groups excluding carboxylic acids is 2. The SMILES string of the molecule is COCCCN1C(=O)C(O)=C(C(=O)C(C)(C)C)C1c1cccs1. The van der Waals surface area contributed by atoms with Gasteiger partial charge in [-0.25, -0.2) is 0 Å². The molecule has 6 heteroatoms. The second kappa shape index (κ2) is 6.84. The van der Waals surface area contributed by atoms with Gasteiger partial charge in [0.1, 0.15) is 0 Å². The molecule has 1 amide bonds. The Balaban J connectivity index is 2.41. The first-order chi connectivity index (χ1) is 10.8. The first-order valence-corrected chi connectivity index (χ1v) is 8.48. The van der Waals surface area contributed by atoms with E-state index in [4.69, 9.17) is 4.74 Å². The van der Waals surface area contributed by atoms with Gasteiger partial charge in [0.25, 0.3) is 5.91 Å². The highest BCUT2D eigenvalue weighted by atomic mass is 32.1. The summed E-state index contributed by atoms with van der Waals surface area (Å²) < 4.78 is 5.04. The summed E-state index contributed by atoms with van der Waals surface area (Å²) in [6.45, 7) is 6.32. The van der Waals surface area contributed by atoms with Crippen molar-refractivity contribution in [2.45, 2.75) is 33.2 Å². The highest BCUT2D eigenvalue weighted by molar-refractivity contribution is 7.10. The number of ketones is 1. The number of nitrogens with zero attached hydrogens (tertiary/aromatic N) is 1. The van der Waals surface area contributed by atoms with Gasteiger partial charge in [0.15, 0.2) is 11.5 Å². The van der Waals surface area contributed by atoms with Crippen LogP contribution in [0.5, 0.6) is 0 Å². The van der Waals surface area contributed by atoms with Crippen molar-refractivity contribution in [2.75, 3.05) is 20.3 Å². The lowest BCUT2D eigenvalue weighted by molar-refractivity contribution is -0.129. The maximum atomic E-state index is 12.8. The molecule has 0 spiro atoms. The molecule has 1 N–H and O–H groups in total. The van der Waals surface area contributed by atoms with Crippen LogP contribution < -0.4 is 0 Å². The van der Waals surface area contributed by atoms with E-state index in [9.17, 15) is 14.7 Å². The Morgan fingerprint density at radius 3 is 2.65 bits per heavy atom. The van der Waals surface area contributed by atoms with Gasteiger partial charge in [-0.05, 0) is 17.9 Å². The van der Waals surface area contributed by atoms with E-state index >= 15 is 0 Å². The molecule has 2 rings (SSSR count). The molecule has 126 valence electrons. The molecule has 2 heterocycles. The second-order valence-electron chi connectivity index (χ2n) is 6.60. The summed E-state index contributed by atoms with van der Waals surface area (Å²) in [6, 6.07) is 3.26. The van der Waals surface area contributed by atoms with Gasteiger partial charge in [0.05, 0.1) is 11.6 Å². The normalized spacial score (nSPS) is 18.9. The maximum Gasteiger partial charge on any atom is 0.290 e. The van der Waals surface area contributed by atoms with E-state index < -0.39 is 23.1 Å². The molecule has 1 aromatic rings. The largest absolute Gasteiger partial charge is 0.503 e. The Labute approximate surface area is 140 Å². The lowest BCUT2D eigenvalue weighted by atomic mass is 9.83. The summed E-state index contributed by atoms with van der Waals surface area (Å²) in [7, 11) is 1.60. The summed E-state index contributed by atoms with van der Waals surface area (Å²) >= 11 is 1.48. The van der Waals surface area contributed by atoms with E-state index in [2.05, 4.69) is 0 Å². The van der Waals surface area contributed by atoms with E-state index in [0.717, 1.165) is 4.88 Å². The number of Topliss-reactive ketones (excluding diaryl/α,β-unsaturated/α-hetero) is 1. The van der Waals surface area contributed by atoms with E-state index in [1.165, 1.54) is 11.3 Å². The Morgan fingerprint density at radius 1 is 1.43 bits per heavy atom. The number of thiophene rings is 1. The molecule has 0 aromatic carbocycles. The van der Waals surface area contributed by atoms with Crippen molar-refractivity contribution < 1.29 is 19.4 Å². The summed E-state index contributed by atoms with van der Waals surface area (Å²) in [5.41, 5.74) is -0.455. The Kier molecular flexibility index (Phi) is 5.26. The van der Waals surface area contributed by atoms with Gasteiger partial charge in [-0.15, -0.1) is 11.3 Å². The van der Waals surface area contributed by atoms with Crippen molar-refractivity contribution in [2.24, 2.45) is 5.41 Å². The molecule has 0 fully saturated rings. The lowest BCUT2D eigenvalue weighted by Gasteiger charge is -2.27. The van der Waals surface area contributed by atoms with Crippen molar-refractivity contribution in [3.05, 3.63) is 33.7 Å². The highest BCUT2D eigenvalue weighted by Crippen LogP contribution is 2.42. The van der Waals surface area contributed by atoms with Crippen molar-refractivity contribution in [1.82, 2.24) is 4.90 Å². The van der Waals surface area contributed by atoms with Crippen molar-refractivity contribution in [3.8, 4) is 0 Å². The van der Waals surface area contributed by atoms with Gasteiger partial charge in [0.2, 0.25) is 0 Å². The Morgan fingerprint density at radius 2 is 2.13 bits per heavy atom. The van der Waals surface area contributed by atoms with Crippen LogP contribution in [-0.2, 0) is 14.3 Å². The number of aliphatic hydroxyl groups excluding tert-OH is 1. The zero-order valence-corrected chi connectivity index (χ0v) is 14.8. The molecule has 23 heavy (non-hydrogen) atoms. The summed E-state index contributed by atoms with van der Waals surface area (Å²) in [5, 5.41) is 12.2. The summed E-state index contributed by atoms with van der Waals surface area (Å²) in [6.07, 6.45) is 0.647. The van der Waals surface area contributed by atoms with Crippen LogP contribution in [0.4, 0.5) is 0 Å². The standard InChI is InChI=1S/C17H23NO4S/c1-17(2,3)15(20)12-13(11-7-5-10-23-11)18(8-6-9-22-4)16(21)14(12)19/h5,7,10,13,19H,6,8-9H2,1-4H3. The van der Waals surface area contributed by atoms with Crippen LogP contribution in [0.15, 0.2) is 28.8 Å². The molecule has 5 nitrogen and oxygen atoms in total. The third-order valence-corrected chi connectivity index (χ3v) is 4.71. The molecule has 0 saturated heterocycles. The molecule has 0 saturated carbocycles. The molecule has 1 aliphatic rings. The number of methoxy groups -OCH3 is 1. The summed E-state index contributed by atoms with van der Waals surface area (Å²) in [5.74, 6) is -1.09. The van der Waals surface area contributed by atoms with Gasteiger partial charge >= 0.3 is 0 Å². The van der Waals surface area contributed by atoms with Crippen LogP contribution in [0.3, 0.4) is 0 Å². The number of rotatable bonds is 6. The fraction of sp³-hybridized carbons (Fsp3) is 0.529. The molecule has 0 radical (unpaired) electrons. The number of aliphatic hydroxyl groups is 1. The number of carbonyl (C=O) groups is 2. The van der Waals surface area contributed by atoms with Gasteiger partial charge < -0.3 is 14.7 Å². The zero-order valence-electron chi connectivity index (χ0n) is 14.0. The summed E-state index contributed by atoms with van der Waals surface area (Å²) in [4.78, 5) is 27.7. The quantitative estimate of drug-likeness (QED) is 0.810. The maximum absolute atomic E-state index is 12.8. The van der Waals surface area contributed by atoms with E-state index in [0.29, 0.717) is 19.6 Å². The van der Waals surface area contributed by atoms with Crippen molar-refractivity contribution in [1.29, 1.82) is 0 Å². The monoisotopic (exact) mass is 337 g/mol. The van der Waals surface area contributed by atoms with Gasteiger partial charge in [-0.1, -0.05) is 26.8 Å². The van der Waals surface area contributed by atoms with Crippen LogP contribution in [0.1, 0.15) is 38.1 Å². The van der Waals surface area contributed by atoms with Gasteiger partial charge in [-0.2, -0.15) is 0 Å². The molecule has 0 bridgehead atoms. The first kappa shape index (κ1) is 17.7. The number of ether oxygens (including phenoxy) is 1. The average molecular weight is 337 g/mol. The number of hydrogen-bond donors (Lipinski definition) is 1. The van der Waals surface area contributed by atoms with Crippen LogP contribution in [0.2, 0.25) is 0 Å². The minimum absolute atomic E-state index is 0.198. The molecule has 1 aromatic heterocycles. The molecule has 1 aliphatic heterocycles. The minimum Gasteiger partial charge on any atom is -0.503 e. The van der Waals surface area contributed by atoms with Crippen LogP contribution in [-0.4, -0.2) is 42.0 Å². The van der Waals surface area contributed by atoms with Gasteiger partial charge in [0, 0.05) is 30.6 Å². The first-order valence-electron chi connectivity index (χ1n) is 7.60. The van der Waals surface area contributed by atoms with E-state index in [1.54, 1.807) is 32.8 Å². The fourth-order valence-corrected chi connectivity index (χ4v) is 3.49. The molecular formula is C17H23NO4S. The topological polar surface area (TPSA) is 66.8 Å². The Bertz CT molecular complexity index is 613. The van der Waals surface area contributed by atoms with Crippen LogP contribution >= 0.6 is 11.3 Å². The minimum atomic E-state index is -0.665. The third-order valence-electron chi connectivity index (χ3n) is 3.79. The number of hydrogen-bond acceptors (Lipinski definition) is 5. The zero-order chi connectivity index (χ0) is 17.2. The van der Waals surface area contributed by atoms with E-state index in [1.807, 2.05) is 17.5 Å². The predicted octanol–water partition coefficient (Wildman–Crippen LogP) is 3.10. The molecule has 1 unspecified atom stereocenters. The van der Waals surface area contributed by atoms with Crippen molar-refractivity contribution in [3.63, 3.8) is 0 Å². The van der Waals surface area contributed by atoms with Crippen LogP contribution in [0.25, 0.3) is 0 Å². The molecule has 1 atom stereocenters. The third kappa shape index (κ3) is 3.48. The highest BCUT2D eigenvalue weighted by Gasteiger charge is 2.45. The van der Waals surface area contributed by atoms with Gasteiger partial charge in [-0.3, -0.25) is 9.59 Å². The van der Waals surface area contributed by atoms with Crippen LogP contribution in [0, 0.1) is 5.41 Å². The fourth-order valence-electron chi connectivity index (χ4n) is 2.64. The second-order valence-corrected chi connectivity index (χ2v) is 7.58. The Hall–Kier alpha value is -1.66.